The second-order valence-electron chi connectivity index (χ2n) is 11.2. The highest BCUT2D eigenvalue weighted by molar-refractivity contribution is 6.00. The van der Waals surface area contributed by atoms with Gasteiger partial charge in [0.1, 0.15) is 17.3 Å². The molecule has 0 bridgehead atoms. The van der Waals surface area contributed by atoms with E-state index in [0.29, 0.717) is 24.0 Å². The van der Waals surface area contributed by atoms with Gasteiger partial charge in [0.05, 0.1) is 6.42 Å². The number of fused-ring (bicyclic) bond motifs is 1. The zero-order chi connectivity index (χ0) is 28.0. The maximum atomic E-state index is 12.7. The van der Waals surface area contributed by atoms with Crippen molar-refractivity contribution < 1.29 is 19.2 Å². The Bertz CT molecular complexity index is 878. The summed E-state index contributed by atoms with van der Waals surface area (Å²) in [6, 6.07) is 6.10. The maximum Gasteiger partial charge on any atom is 0.163 e. The van der Waals surface area contributed by atoms with Gasteiger partial charge in [0.25, 0.3) is 0 Å². The molecule has 208 valence electrons. The third-order valence-electron chi connectivity index (χ3n) is 7.69. The van der Waals surface area contributed by atoms with Crippen LogP contribution in [0.4, 0.5) is 0 Å². The fourth-order valence-electron chi connectivity index (χ4n) is 6.03. The van der Waals surface area contributed by atoms with E-state index < -0.39 is 0 Å². The van der Waals surface area contributed by atoms with Crippen LogP contribution in [0.2, 0.25) is 0 Å². The van der Waals surface area contributed by atoms with E-state index in [1.807, 2.05) is 26.0 Å². The number of Topliss-reactive ketones (excluding diaryl/α,β-unsaturated/α-hetero) is 4. The molecule has 0 radical (unpaired) electrons. The zero-order valence-electron chi connectivity index (χ0n) is 24.7. The molecule has 2 aliphatic rings. The van der Waals surface area contributed by atoms with Crippen LogP contribution >= 0.6 is 0 Å². The number of ketones is 4. The first-order valence-corrected chi connectivity index (χ1v) is 14.7. The Kier molecular flexibility index (Phi) is 15.5. The molecule has 1 saturated carbocycles. The summed E-state index contributed by atoms with van der Waals surface area (Å²) in [4.78, 5) is 47.3. The molecule has 37 heavy (non-hydrogen) atoms. The van der Waals surface area contributed by atoms with Crippen LogP contribution in [0.3, 0.4) is 0 Å². The average molecular weight is 513 g/mol. The standard InChI is InChI=1S/C23H32O3.C7H12O.C3H8/c1-5-8-18(20(6-2)21(25)11-16(4)24)12-17-13-19-10-7-9-15(3)23(19)22(26)14-17;1-6(8)7-4-2-3-5-7;1-3-2/h7,9-10,17-18,20H,5-6,8,11-14H2,1-4H3;7H,2-5H2,1H3;3H2,1-2H3. The molecule has 0 N–H and O–H groups in total. The van der Waals surface area contributed by atoms with E-state index in [9.17, 15) is 19.2 Å². The van der Waals surface area contributed by atoms with Crippen LogP contribution < -0.4 is 0 Å². The first-order chi connectivity index (χ1) is 17.6. The van der Waals surface area contributed by atoms with Crippen molar-refractivity contribution in [3.63, 3.8) is 0 Å². The molecule has 0 saturated heterocycles. The van der Waals surface area contributed by atoms with Crippen molar-refractivity contribution in [1.29, 1.82) is 0 Å². The van der Waals surface area contributed by atoms with Crippen LogP contribution in [-0.2, 0) is 20.8 Å². The first kappa shape index (κ1) is 32.9. The minimum absolute atomic E-state index is 0.0460. The molecule has 1 fully saturated rings. The van der Waals surface area contributed by atoms with Crippen molar-refractivity contribution in [3.05, 3.63) is 34.9 Å². The summed E-state index contributed by atoms with van der Waals surface area (Å²) in [6.45, 7) is 13.6. The Morgan fingerprint density at radius 1 is 0.973 bits per heavy atom. The predicted octanol–water partition coefficient (Wildman–Crippen LogP) is 8.30. The number of hydrogen-bond acceptors (Lipinski definition) is 4. The summed E-state index contributed by atoms with van der Waals surface area (Å²) >= 11 is 0. The molecule has 2 aliphatic carbocycles. The van der Waals surface area contributed by atoms with Crippen LogP contribution in [0, 0.1) is 30.6 Å². The van der Waals surface area contributed by atoms with E-state index in [0.717, 1.165) is 61.6 Å². The highest BCUT2D eigenvalue weighted by Gasteiger charge is 2.32. The van der Waals surface area contributed by atoms with Crippen LogP contribution in [-0.4, -0.2) is 23.1 Å². The number of carbonyl (C=O) groups excluding carboxylic acids is 4. The van der Waals surface area contributed by atoms with Gasteiger partial charge >= 0.3 is 0 Å². The summed E-state index contributed by atoms with van der Waals surface area (Å²) in [5.41, 5.74) is 3.14. The average Bonchev–Trinajstić information content (AvgIpc) is 3.35. The van der Waals surface area contributed by atoms with E-state index >= 15 is 0 Å². The molecule has 0 heterocycles. The largest absolute Gasteiger partial charge is 0.300 e. The van der Waals surface area contributed by atoms with Gasteiger partial charge in [-0.3, -0.25) is 19.2 Å². The van der Waals surface area contributed by atoms with Crippen LogP contribution in [0.5, 0.6) is 0 Å². The maximum absolute atomic E-state index is 12.7. The lowest BCUT2D eigenvalue weighted by Gasteiger charge is -2.31. The first-order valence-electron chi connectivity index (χ1n) is 14.7. The fraction of sp³-hybridized carbons (Fsp3) is 0.697. The van der Waals surface area contributed by atoms with E-state index in [-0.39, 0.29) is 35.6 Å². The van der Waals surface area contributed by atoms with E-state index in [4.69, 9.17) is 0 Å². The highest BCUT2D eigenvalue weighted by atomic mass is 16.1. The van der Waals surface area contributed by atoms with Crippen LogP contribution in [0.25, 0.3) is 0 Å². The van der Waals surface area contributed by atoms with E-state index in [1.165, 1.54) is 26.2 Å². The lowest BCUT2D eigenvalue weighted by molar-refractivity contribution is -0.130. The quantitative estimate of drug-likeness (QED) is 0.296. The third-order valence-corrected chi connectivity index (χ3v) is 7.69. The molecule has 3 unspecified atom stereocenters. The molecule has 0 amide bonds. The molecule has 1 aromatic carbocycles. The lowest BCUT2D eigenvalue weighted by atomic mass is 9.72. The number of rotatable bonds is 10. The molecule has 3 rings (SSSR count). The summed E-state index contributed by atoms with van der Waals surface area (Å²) in [6.07, 6.45) is 11.3. The van der Waals surface area contributed by atoms with Gasteiger partial charge in [0.2, 0.25) is 0 Å². The number of aryl methyl sites for hydroxylation is 1. The molecule has 0 spiro atoms. The van der Waals surface area contributed by atoms with Gasteiger partial charge in [-0.2, -0.15) is 0 Å². The molecule has 0 aliphatic heterocycles. The summed E-state index contributed by atoms with van der Waals surface area (Å²) in [5.74, 6) is 1.59. The Labute approximate surface area is 226 Å². The summed E-state index contributed by atoms with van der Waals surface area (Å²) in [5, 5.41) is 0. The SMILES string of the molecule is CC(=O)C1CCCC1.CCC.CCCC(CC1CC(=O)c2c(C)cccc2C1)C(CC)C(=O)CC(C)=O. The minimum atomic E-state index is -0.0622. The molecule has 1 aromatic rings. The van der Waals surface area contributed by atoms with Gasteiger partial charge in [-0.25, -0.2) is 0 Å². The van der Waals surface area contributed by atoms with Crippen molar-refractivity contribution in [2.45, 2.75) is 126 Å². The zero-order valence-corrected chi connectivity index (χ0v) is 24.7. The van der Waals surface area contributed by atoms with Crippen molar-refractivity contribution in [1.82, 2.24) is 0 Å². The smallest absolute Gasteiger partial charge is 0.163 e. The van der Waals surface area contributed by atoms with Gasteiger partial charge in [-0.15, -0.1) is 0 Å². The minimum Gasteiger partial charge on any atom is -0.300 e. The van der Waals surface area contributed by atoms with Crippen molar-refractivity contribution >= 4 is 23.1 Å². The second kappa shape index (κ2) is 17.4. The molecule has 4 nitrogen and oxygen atoms in total. The Balaban J connectivity index is 0.000000516. The van der Waals surface area contributed by atoms with Crippen molar-refractivity contribution in [3.8, 4) is 0 Å². The van der Waals surface area contributed by atoms with Crippen molar-refractivity contribution in [2.75, 3.05) is 0 Å². The number of benzene rings is 1. The molecular formula is C33H52O4. The van der Waals surface area contributed by atoms with Gasteiger partial charge < -0.3 is 0 Å². The monoisotopic (exact) mass is 512 g/mol. The molecule has 4 heteroatoms. The summed E-state index contributed by atoms with van der Waals surface area (Å²) < 4.78 is 0. The lowest BCUT2D eigenvalue weighted by Crippen LogP contribution is -2.29. The molecule has 0 aromatic heterocycles. The van der Waals surface area contributed by atoms with Gasteiger partial charge in [-0.1, -0.05) is 78.0 Å². The Hall–Kier alpha value is -2.10. The van der Waals surface area contributed by atoms with Gasteiger partial charge in [0.15, 0.2) is 5.78 Å². The predicted molar refractivity (Wildman–Crippen MR) is 153 cm³/mol. The topological polar surface area (TPSA) is 68.3 Å². The second-order valence-corrected chi connectivity index (χ2v) is 11.2. The fourth-order valence-corrected chi connectivity index (χ4v) is 6.03. The summed E-state index contributed by atoms with van der Waals surface area (Å²) in [7, 11) is 0. The third kappa shape index (κ3) is 11.0. The molecule has 3 atom stereocenters. The van der Waals surface area contributed by atoms with Crippen molar-refractivity contribution in [2.24, 2.45) is 23.7 Å². The van der Waals surface area contributed by atoms with Crippen LogP contribution in [0.15, 0.2) is 18.2 Å². The highest BCUT2D eigenvalue weighted by Crippen LogP contribution is 2.36. The number of hydrogen-bond donors (Lipinski definition) is 0. The number of carbonyl (C=O) groups is 4. The molecular weight excluding hydrogens is 460 g/mol. The van der Waals surface area contributed by atoms with Crippen LogP contribution in [0.1, 0.15) is 134 Å². The Morgan fingerprint density at radius 3 is 2.08 bits per heavy atom. The van der Waals surface area contributed by atoms with Gasteiger partial charge in [-0.05, 0) is 75.8 Å². The Morgan fingerprint density at radius 2 is 1.59 bits per heavy atom. The normalized spacial score (nSPS) is 18.5. The van der Waals surface area contributed by atoms with E-state index in [2.05, 4.69) is 26.8 Å². The van der Waals surface area contributed by atoms with E-state index in [1.54, 1.807) is 6.92 Å². The van der Waals surface area contributed by atoms with Gasteiger partial charge in [0, 0.05) is 23.8 Å².